The Balaban J connectivity index is 0.000000561. The average Bonchev–Trinajstić information content (AvgIpc) is 2.60. The van der Waals surface area contributed by atoms with Gasteiger partial charge in [-0.3, -0.25) is 4.90 Å². The van der Waals surface area contributed by atoms with Crippen LogP contribution < -0.4 is 0 Å². The summed E-state index contributed by atoms with van der Waals surface area (Å²) in [6.07, 6.45) is 9.22. The lowest BCUT2D eigenvalue weighted by molar-refractivity contribution is 0.116. The van der Waals surface area contributed by atoms with E-state index in [2.05, 4.69) is 35.0 Å². The van der Waals surface area contributed by atoms with Gasteiger partial charge >= 0.3 is 0 Å². The first kappa shape index (κ1) is 19.2. The molecule has 0 N–H and O–H groups in total. The van der Waals surface area contributed by atoms with Gasteiger partial charge in [-0.05, 0) is 36.9 Å². The van der Waals surface area contributed by atoms with Crippen molar-refractivity contribution in [2.24, 2.45) is 5.92 Å². The lowest BCUT2D eigenvalue weighted by Crippen LogP contribution is -2.49. The Bertz CT molecular complexity index is 441. The van der Waals surface area contributed by atoms with Gasteiger partial charge in [0.1, 0.15) is 5.15 Å². The second-order valence-corrected chi connectivity index (χ2v) is 5.77. The third kappa shape index (κ3) is 4.57. The summed E-state index contributed by atoms with van der Waals surface area (Å²) < 4.78 is 0. The molecule has 2 bridgehead atoms. The summed E-state index contributed by atoms with van der Waals surface area (Å²) in [6.45, 7) is 12.7. The van der Waals surface area contributed by atoms with Gasteiger partial charge in [-0.1, -0.05) is 64.4 Å². The number of halogens is 1. The number of pyridine rings is 1. The SMILES string of the molecule is CC.CC.CCCN1CC2C=CC1C(c1ccc(Cl)nc1)C2. The Hall–Kier alpha value is -0.860. The number of hydrogen-bond donors (Lipinski definition) is 0. The van der Waals surface area contributed by atoms with Gasteiger partial charge in [0.25, 0.3) is 0 Å². The van der Waals surface area contributed by atoms with Crippen molar-refractivity contribution in [3.05, 3.63) is 41.2 Å². The van der Waals surface area contributed by atoms with Gasteiger partial charge in [-0.25, -0.2) is 4.98 Å². The van der Waals surface area contributed by atoms with Gasteiger partial charge in [0, 0.05) is 24.7 Å². The first-order chi connectivity index (χ1) is 10.8. The molecule has 1 aromatic rings. The van der Waals surface area contributed by atoms with Crippen molar-refractivity contribution in [1.29, 1.82) is 0 Å². The lowest BCUT2D eigenvalue weighted by atomic mass is 9.74. The van der Waals surface area contributed by atoms with Crippen molar-refractivity contribution in [2.75, 3.05) is 13.1 Å². The van der Waals surface area contributed by atoms with E-state index >= 15 is 0 Å². The van der Waals surface area contributed by atoms with Gasteiger partial charge in [0.05, 0.1) is 0 Å². The number of rotatable bonds is 3. The highest BCUT2D eigenvalue weighted by molar-refractivity contribution is 6.29. The topological polar surface area (TPSA) is 16.1 Å². The molecular formula is C19H31ClN2. The van der Waals surface area contributed by atoms with Gasteiger partial charge in [-0.15, -0.1) is 0 Å². The van der Waals surface area contributed by atoms with E-state index in [0.717, 1.165) is 0 Å². The zero-order valence-electron chi connectivity index (χ0n) is 14.7. The fourth-order valence-corrected chi connectivity index (χ4v) is 3.46. The van der Waals surface area contributed by atoms with Crippen LogP contribution in [0.25, 0.3) is 0 Å². The van der Waals surface area contributed by atoms with E-state index in [1.807, 2.05) is 40.0 Å². The van der Waals surface area contributed by atoms with E-state index in [1.165, 1.54) is 31.5 Å². The smallest absolute Gasteiger partial charge is 0.129 e. The van der Waals surface area contributed by atoms with Crippen LogP contribution in [-0.2, 0) is 0 Å². The second-order valence-electron chi connectivity index (χ2n) is 5.39. The molecule has 3 unspecified atom stereocenters. The minimum atomic E-state index is 0.554. The number of nitrogens with zero attached hydrogens (tertiary/aromatic N) is 2. The predicted molar refractivity (Wildman–Crippen MR) is 97.6 cm³/mol. The Kier molecular flexibility index (Phi) is 8.74. The molecular weight excluding hydrogens is 292 g/mol. The Labute approximate surface area is 141 Å². The highest BCUT2D eigenvalue weighted by Gasteiger charge is 2.37. The van der Waals surface area contributed by atoms with E-state index < -0.39 is 0 Å². The van der Waals surface area contributed by atoms with Crippen molar-refractivity contribution < 1.29 is 0 Å². The van der Waals surface area contributed by atoms with Crippen molar-refractivity contribution in [3.63, 3.8) is 0 Å². The fourth-order valence-electron chi connectivity index (χ4n) is 3.35. The molecule has 22 heavy (non-hydrogen) atoms. The van der Waals surface area contributed by atoms with Gasteiger partial charge < -0.3 is 0 Å². The van der Waals surface area contributed by atoms with Crippen LogP contribution in [0.3, 0.4) is 0 Å². The second kappa shape index (κ2) is 10.0. The summed E-state index contributed by atoms with van der Waals surface area (Å²) >= 11 is 5.87. The summed E-state index contributed by atoms with van der Waals surface area (Å²) in [4.78, 5) is 6.85. The molecule has 0 saturated carbocycles. The maximum atomic E-state index is 5.87. The molecule has 124 valence electrons. The Morgan fingerprint density at radius 2 is 1.91 bits per heavy atom. The summed E-state index contributed by atoms with van der Waals surface area (Å²) in [7, 11) is 0. The number of piperidine rings is 1. The van der Waals surface area contributed by atoms with Gasteiger partial charge in [0.15, 0.2) is 0 Å². The zero-order chi connectivity index (χ0) is 16.5. The molecule has 4 rings (SSSR count). The predicted octanol–water partition coefficient (Wildman–Crippen LogP) is 5.54. The van der Waals surface area contributed by atoms with Crippen LogP contribution in [0.2, 0.25) is 5.15 Å². The molecule has 0 radical (unpaired) electrons. The molecule has 1 aromatic heterocycles. The van der Waals surface area contributed by atoms with Crippen LogP contribution >= 0.6 is 11.6 Å². The minimum absolute atomic E-state index is 0.554. The molecule has 3 atom stereocenters. The number of fused-ring (bicyclic) bond motifs is 2. The van der Waals surface area contributed by atoms with Crippen molar-refractivity contribution in [3.8, 4) is 0 Å². The fraction of sp³-hybridized carbons (Fsp3) is 0.632. The molecule has 1 saturated heterocycles. The highest BCUT2D eigenvalue weighted by Crippen LogP contribution is 2.40. The van der Waals surface area contributed by atoms with Gasteiger partial charge in [0.2, 0.25) is 0 Å². The summed E-state index contributed by atoms with van der Waals surface area (Å²) in [5.41, 5.74) is 1.33. The normalized spacial score (nSPS) is 25.8. The highest BCUT2D eigenvalue weighted by atomic mass is 35.5. The minimum Gasteiger partial charge on any atom is -0.296 e. The maximum absolute atomic E-state index is 5.87. The van der Waals surface area contributed by atoms with Crippen LogP contribution in [0.4, 0.5) is 0 Å². The summed E-state index contributed by atoms with van der Waals surface area (Å²) in [5, 5.41) is 0.584. The van der Waals surface area contributed by atoms with Gasteiger partial charge in [-0.2, -0.15) is 0 Å². The van der Waals surface area contributed by atoms with E-state index in [9.17, 15) is 0 Å². The molecule has 0 amide bonds. The van der Waals surface area contributed by atoms with Crippen LogP contribution in [0, 0.1) is 5.92 Å². The molecule has 0 spiro atoms. The zero-order valence-corrected chi connectivity index (χ0v) is 15.5. The summed E-state index contributed by atoms with van der Waals surface area (Å²) in [5.74, 6) is 1.30. The van der Waals surface area contributed by atoms with Crippen LogP contribution in [0.5, 0.6) is 0 Å². The van der Waals surface area contributed by atoms with Crippen molar-refractivity contribution >= 4 is 11.6 Å². The summed E-state index contributed by atoms with van der Waals surface area (Å²) in [6, 6.07) is 4.60. The number of aromatic nitrogens is 1. The van der Waals surface area contributed by atoms with Crippen LogP contribution in [0.1, 0.15) is 58.9 Å². The molecule has 1 aliphatic carbocycles. The largest absolute Gasteiger partial charge is 0.296 e. The van der Waals surface area contributed by atoms with E-state index in [0.29, 0.717) is 23.0 Å². The third-order valence-electron chi connectivity index (χ3n) is 4.13. The number of hydrogen-bond acceptors (Lipinski definition) is 2. The van der Waals surface area contributed by atoms with Crippen molar-refractivity contribution in [2.45, 2.75) is 59.4 Å². The maximum Gasteiger partial charge on any atom is 0.129 e. The van der Waals surface area contributed by atoms with E-state index in [1.54, 1.807) is 0 Å². The molecule has 2 nitrogen and oxygen atoms in total. The van der Waals surface area contributed by atoms with Crippen LogP contribution in [0.15, 0.2) is 30.5 Å². The molecule has 3 heterocycles. The quantitative estimate of drug-likeness (QED) is 0.536. The lowest BCUT2D eigenvalue weighted by Gasteiger charge is -2.46. The van der Waals surface area contributed by atoms with E-state index in [4.69, 9.17) is 11.6 Å². The first-order valence-corrected chi connectivity index (χ1v) is 9.19. The van der Waals surface area contributed by atoms with Crippen LogP contribution in [-0.4, -0.2) is 29.0 Å². The Morgan fingerprint density at radius 1 is 1.18 bits per heavy atom. The van der Waals surface area contributed by atoms with E-state index in [-0.39, 0.29) is 0 Å². The molecule has 0 aromatic carbocycles. The first-order valence-electron chi connectivity index (χ1n) is 8.81. The van der Waals surface area contributed by atoms with Crippen molar-refractivity contribution in [1.82, 2.24) is 9.88 Å². The molecule has 3 heteroatoms. The average molecular weight is 323 g/mol. The molecule has 3 aliphatic rings. The standard InChI is InChI=1S/C15H19ClN2.2C2H6/c1-2-7-18-10-11-3-5-14(18)13(8-11)12-4-6-15(16)17-9-12;2*1-2/h3-6,9,11,13-14H,2,7-8,10H2,1H3;2*1-2H3. The monoisotopic (exact) mass is 322 g/mol. The Morgan fingerprint density at radius 3 is 2.45 bits per heavy atom. The molecule has 1 fully saturated rings. The molecule has 2 aliphatic heterocycles. The third-order valence-corrected chi connectivity index (χ3v) is 4.35.